The molecule has 0 atom stereocenters. The third-order valence-electron chi connectivity index (χ3n) is 6.68. The van der Waals surface area contributed by atoms with Crippen LogP contribution in [-0.4, -0.2) is 34.8 Å². The summed E-state index contributed by atoms with van der Waals surface area (Å²) in [6.45, 7) is 3.37. The van der Waals surface area contributed by atoms with E-state index < -0.39 is 0 Å². The highest BCUT2D eigenvalue weighted by Crippen LogP contribution is 2.34. The van der Waals surface area contributed by atoms with Crippen LogP contribution in [0.4, 0.5) is 5.69 Å². The number of aromatic amines is 1. The first-order chi connectivity index (χ1) is 16.6. The summed E-state index contributed by atoms with van der Waals surface area (Å²) < 4.78 is 0. The normalized spacial score (nSPS) is 14.4. The zero-order valence-electron chi connectivity index (χ0n) is 19.3. The standard InChI is InChI=1S/C28H29N3O2S/c1-19-9-11-24-23(18-19)22(27(30-24)25-8-5-17-34-25)10-12-26(32)31-15-13-20(14-16-31)28(33)29-21-6-3-2-4-7-21/h2-9,11,17-18,20,30H,10,12-16H2,1H3,(H,29,33). The van der Waals surface area contributed by atoms with Crippen molar-refractivity contribution in [2.75, 3.05) is 18.4 Å². The number of thiophene rings is 1. The monoisotopic (exact) mass is 471 g/mol. The number of nitrogens with zero attached hydrogens (tertiary/aromatic N) is 1. The van der Waals surface area contributed by atoms with Crippen molar-refractivity contribution >= 4 is 39.7 Å². The fourth-order valence-corrected chi connectivity index (χ4v) is 5.55. The lowest BCUT2D eigenvalue weighted by atomic mass is 9.95. The number of aromatic nitrogens is 1. The molecule has 1 aliphatic rings. The number of hydrogen-bond acceptors (Lipinski definition) is 3. The second-order valence-electron chi connectivity index (χ2n) is 9.02. The van der Waals surface area contributed by atoms with Gasteiger partial charge in [0.1, 0.15) is 0 Å². The summed E-state index contributed by atoms with van der Waals surface area (Å²) in [5, 5.41) is 6.28. The second kappa shape index (κ2) is 9.85. The molecule has 2 N–H and O–H groups in total. The van der Waals surface area contributed by atoms with Crippen LogP contribution in [0.25, 0.3) is 21.5 Å². The molecule has 0 saturated carbocycles. The fourth-order valence-electron chi connectivity index (χ4n) is 4.80. The zero-order chi connectivity index (χ0) is 23.5. The first kappa shape index (κ1) is 22.4. The number of likely N-dealkylation sites (tertiary alicyclic amines) is 1. The second-order valence-corrected chi connectivity index (χ2v) is 9.96. The molecular formula is C28H29N3O2S. The molecule has 2 amide bonds. The van der Waals surface area contributed by atoms with Crippen molar-refractivity contribution < 1.29 is 9.59 Å². The van der Waals surface area contributed by atoms with Crippen molar-refractivity contribution in [1.29, 1.82) is 0 Å². The Balaban J connectivity index is 1.22. The number of para-hydroxylation sites is 1. The summed E-state index contributed by atoms with van der Waals surface area (Å²) in [4.78, 5) is 32.4. The zero-order valence-corrected chi connectivity index (χ0v) is 20.2. The number of rotatable bonds is 6. The van der Waals surface area contributed by atoms with Crippen LogP contribution in [0.15, 0.2) is 66.0 Å². The lowest BCUT2D eigenvalue weighted by Gasteiger charge is -2.31. The van der Waals surface area contributed by atoms with Gasteiger partial charge in [0.25, 0.3) is 0 Å². The quantitative estimate of drug-likeness (QED) is 0.361. The Morgan fingerprint density at radius 1 is 1.06 bits per heavy atom. The van der Waals surface area contributed by atoms with Crippen LogP contribution in [0.2, 0.25) is 0 Å². The minimum Gasteiger partial charge on any atom is -0.354 e. The van der Waals surface area contributed by atoms with Crippen LogP contribution in [0.1, 0.15) is 30.4 Å². The van der Waals surface area contributed by atoms with Crippen LogP contribution in [-0.2, 0) is 16.0 Å². The third-order valence-corrected chi connectivity index (χ3v) is 7.57. The molecule has 5 nitrogen and oxygen atoms in total. The van der Waals surface area contributed by atoms with Gasteiger partial charge >= 0.3 is 0 Å². The molecule has 4 aromatic rings. The Kier molecular flexibility index (Phi) is 6.50. The van der Waals surface area contributed by atoms with E-state index in [2.05, 4.69) is 52.9 Å². The smallest absolute Gasteiger partial charge is 0.227 e. The van der Waals surface area contributed by atoms with Crippen LogP contribution >= 0.6 is 11.3 Å². The van der Waals surface area contributed by atoms with E-state index in [0.717, 1.165) is 16.9 Å². The molecule has 5 rings (SSSR count). The van der Waals surface area contributed by atoms with Gasteiger partial charge in [-0.05, 0) is 67.5 Å². The molecule has 2 aromatic heterocycles. The third kappa shape index (κ3) is 4.77. The first-order valence-electron chi connectivity index (χ1n) is 11.9. The molecular weight excluding hydrogens is 442 g/mol. The van der Waals surface area contributed by atoms with Crippen molar-refractivity contribution in [2.24, 2.45) is 5.92 Å². The number of amides is 2. The van der Waals surface area contributed by atoms with E-state index in [0.29, 0.717) is 38.8 Å². The van der Waals surface area contributed by atoms with Crippen LogP contribution < -0.4 is 5.32 Å². The number of carbonyl (C=O) groups excluding carboxylic acids is 2. The molecule has 0 radical (unpaired) electrons. The van der Waals surface area contributed by atoms with Crippen LogP contribution in [0.3, 0.4) is 0 Å². The highest BCUT2D eigenvalue weighted by Gasteiger charge is 2.27. The highest BCUT2D eigenvalue weighted by atomic mass is 32.1. The number of hydrogen-bond donors (Lipinski definition) is 2. The molecule has 0 unspecified atom stereocenters. The largest absolute Gasteiger partial charge is 0.354 e. The molecule has 0 aliphatic carbocycles. The number of anilines is 1. The maximum absolute atomic E-state index is 13.1. The molecule has 34 heavy (non-hydrogen) atoms. The lowest BCUT2D eigenvalue weighted by Crippen LogP contribution is -2.41. The van der Waals surface area contributed by atoms with Gasteiger partial charge in [-0.1, -0.05) is 35.9 Å². The SMILES string of the molecule is Cc1ccc2[nH]c(-c3cccs3)c(CCC(=O)N3CCC(C(=O)Nc4ccccc4)CC3)c2c1. The Morgan fingerprint density at radius 2 is 1.85 bits per heavy atom. The van der Waals surface area contributed by atoms with E-state index in [-0.39, 0.29) is 17.7 Å². The first-order valence-corrected chi connectivity index (χ1v) is 12.8. The molecule has 3 heterocycles. The number of benzene rings is 2. The molecule has 2 aromatic carbocycles. The van der Waals surface area contributed by atoms with E-state index in [9.17, 15) is 9.59 Å². The van der Waals surface area contributed by atoms with Crippen LogP contribution in [0.5, 0.6) is 0 Å². The van der Waals surface area contributed by atoms with Crippen molar-refractivity contribution in [2.45, 2.75) is 32.6 Å². The van der Waals surface area contributed by atoms with Gasteiger partial charge in [-0.15, -0.1) is 11.3 Å². The number of H-pyrrole nitrogens is 1. The summed E-state index contributed by atoms with van der Waals surface area (Å²) in [7, 11) is 0. The topological polar surface area (TPSA) is 65.2 Å². The molecule has 1 saturated heterocycles. The number of piperidine rings is 1. The highest BCUT2D eigenvalue weighted by molar-refractivity contribution is 7.13. The van der Waals surface area contributed by atoms with Gasteiger partial charge in [0, 0.05) is 42.0 Å². The van der Waals surface area contributed by atoms with Gasteiger partial charge in [0.2, 0.25) is 11.8 Å². The lowest BCUT2D eigenvalue weighted by molar-refractivity contribution is -0.134. The van der Waals surface area contributed by atoms with Gasteiger partial charge in [-0.25, -0.2) is 0 Å². The molecule has 174 valence electrons. The molecule has 0 bridgehead atoms. The average molecular weight is 472 g/mol. The predicted octanol–water partition coefficient (Wildman–Crippen LogP) is 6.01. The van der Waals surface area contributed by atoms with Gasteiger partial charge in [0.15, 0.2) is 0 Å². The number of carbonyl (C=O) groups is 2. The molecule has 6 heteroatoms. The van der Waals surface area contributed by atoms with Crippen molar-refractivity contribution in [3.05, 3.63) is 77.2 Å². The van der Waals surface area contributed by atoms with Crippen molar-refractivity contribution in [3.8, 4) is 10.6 Å². The number of fused-ring (bicyclic) bond motifs is 1. The summed E-state index contributed by atoms with van der Waals surface area (Å²) in [5.74, 6) is 0.167. The van der Waals surface area contributed by atoms with E-state index in [1.54, 1.807) is 11.3 Å². The van der Waals surface area contributed by atoms with Gasteiger partial charge in [-0.3, -0.25) is 9.59 Å². The maximum atomic E-state index is 13.1. The Bertz CT molecular complexity index is 1290. The Morgan fingerprint density at radius 3 is 2.59 bits per heavy atom. The van der Waals surface area contributed by atoms with Crippen LogP contribution in [0, 0.1) is 12.8 Å². The Hall–Kier alpha value is -3.38. The Labute approximate surface area is 203 Å². The molecule has 0 spiro atoms. The summed E-state index contributed by atoms with van der Waals surface area (Å²) in [5.41, 5.74) is 5.49. The number of aryl methyl sites for hydroxylation is 2. The van der Waals surface area contributed by atoms with Gasteiger partial charge < -0.3 is 15.2 Å². The maximum Gasteiger partial charge on any atom is 0.227 e. The number of nitrogens with one attached hydrogen (secondary N) is 2. The minimum absolute atomic E-state index is 0.0491. The summed E-state index contributed by atoms with van der Waals surface area (Å²) >= 11 is 1.71. The minimum atomic E-state index is -0.0497. The van der Waals surface area contributed by atoms with Gasteiger partial charge in [0.05, 0.1) is 10.6 Å². The van der Waals surface area contributed by atoms with E-state index in [1.807, 2.05) is 35.2 Å². The molecule has 1 aliphatic heterocycles. The van der Waals surface area contributed by atoms with E-state index in [1.165, 1.54) is 21.4 Å². The molecule has 1 fully saturated rings. The van der Waals surface area contributed by atoms with Gasteiger partial charge in [-0.2, -0.15) is 0 Å². The summed E-state index contributed by atoms with van der Waals surface area (Å²) in [6, 6.07) is 20.2. The fraction of sp³-hybridized carbons (Fsp3) is 0.286. The van der Waals surface area contributed by atoms with E-state index in [4.69, 9.17) is 0 Å². The van der Waals surface area contributed by atoms with Crippen molar-refractivity contribution in [3.63, 3.8) is 0 Å². The van der Waals surface area contributed by atoms with E-state index >= 15 is 0 Å². The predicted molar refractivity (Wildman–Crippen MR) is 139 cm³/mol. The average Bonchev–Trinajstić information content (AvgIpc) is 3.51. The van der Waals surface area contributed by atoms with Crippen molar-refractivity contribution in [1.82, 2.24) is 9.88 Å². The summed E-state index contributed by atoms with van der Waals surface area (Å²) in [6.07, 6.45) is 2.58.